The largest absolute Gasteiger partial charge is 0.508 e. The Balaban J connectivity index is 1.60. The number of hydrogen-bond acceptors (Lipinski definition) is 7. The molecule has 0 saturated carbocycles. The lowest BCUT2D eigenvalue weighted by Crippen LogP contribution is -2.48. The SMILES string of the molecule is O=C(NC[C@H](NC(=O)c1sc(C(=O)NCc2cccc(O)c2)cc1Br)C(=O)O)c1cccs1. The summed E-state index contributed by atoms with van der Waals surface area (Å²) < 4.78 is 0.333. The first kappa shape index (κ1) is 24.4. The van der Waals surface area contributed by atoms with Gasteiger partial charge >= 0.3 is 5.97 Å². The molecule has 1 aromatic carbocycles. The van der Waals surface area contributed by atoms with Crippen molar-refractivity contribution >= 4 is 62.3 Å². The Kier molecular flexibility index (Phi) is 8.20. The molecule has 0 aliphatic carbocycles. The van der Waals surface area contributed by atoms with Crippen LogP contribution >= 0.6 is 38.6 Å². The normalized spacial score (nSPS) is 11.4. The number of halogens is 1. The first-order valence-corrected chi connectivity index (χ1v) is 11.9. The lowest BCUT2D eigenvalue weighted by molar-refractivity contribution is -0.139. The monoisotopic (exact) mass is 551 g/mol. The molecule has 3 rings (SSSR count). The van der Waals surface area contributed by atoms with E-state index in [1.807, 2.05) is 0 Å². The second kappa shape index (κ2) is 11.1. The van der Waals surface area contributed by atoms with Gasteiger partial charge in [-0.3, -0.25) is 14.4 Å². The number of carbonyl (C=O) groups excluding carboxylic acids is 3. The van der Waals surface area contributed by atoms with Crippen LogP contribution in [0.1, 0.15) is 34.6 Å². The van der Waals surface area contributed by atoms with Gasteiger partial charge < -0.3 is 26.2 Å². The van der Waals surface area contributed by atoms with Crippen molar-refractivity contribution in [2.45, 2.75) is 12.6 Å². The van der Waals surface area contributed by atoms with Gasteiger partial charge in [0.15, 0.2) is 0 Å². The van der Waals surface area contributed by atoms with Gasteiger partial charge in [0.25, 0.3) is 17.7 Å². The number of carbonyl (C=O) groups is 4. The van der Waals surface area contributed by atoms with E-state index in [9.17, 15) is 29.4 Å². The minimum absolute atomic E-state index is 0.0825. The maximum Gasteiger partial charge on any atom is 0.328 e. The fraction of sp³-hybridized carbons (Fsp3) is 0.143. The summed E-state index contributed by atoms with van der Waals surface area (Å²) in [7, 11) is 0. The van der Waals surface area contributed by atoms with Crippen LogP contribution in [-0.2, 0) is 11.3 Å². The number of benzene rings is 1. The van der Waals surface area contributed by atoms with Crippen LogP contribution in [0.15, 0.2) is 52.3 Å². The van der Waals surface area contributed by atoms with E-state index in [0.717, 1.165) is 11.3 Å². The minimum Gasteiger partial charge on any atom is -0.508 e. The second-order valence-electron chi connectivity index (χ2n) is 6.69. The Labute approximate surface area is 204 Å². The van der Waals surface area contributed by atoms with Crippen LogP contribution in [0.5, 0.6) is 5.75 Å². The van der Waals surface area contributed by atoms with Crippen LogP contribution in [0, 0.1) is 0 Å². The van der Waals surface area contributed by atoms with Gasteiger partial charge in [0.05, 0.1) is 9.75 Å². The molecule has 1 atom stereocenters. The van der Waals surface area contributed by atoms with Gasteiger partial charge in [-0.25, -0.2) is 4.79 Å². The van der Waals surface area contributed by atoms with Crippen molar-refractivity contribution in [1.82, 2.24) is 16.0 Å². The van der Waals surface area contributed by atoms with E-state index < -0.39 is 29.7 Å². The molecule has 5 N–H and O–H groups in total. The molecule has 0 spiro atoms. The Morgan fingerprint density at radius 1 is 0.970 bits per heavy atom. The van der Waals surface area contributed by atoms with Crippen molar-refractivity contribution in [3.05, 3.63) is 72.5 Å². The summed E-state index contributed by atoms with van der Waals surface area (Å²) in [6.07, 6.45) is 0. The van der Waals surface area contributed by atoms with E-state index in [2.05, 4.69) is 31.9 Å². The smallest absolute Gasteiger partial charge is 0.328 e. The Bertz CT molecular complexity index is 1180. The molecule has 3 amide bonds. The zero-order chi connectivity index (χ0) is 24.0. The molecule has 0 saturated heterocycles. The number of aromatic hydroxyl groups is 1. The van der Waals surface area contributed by atoms with Gasteiger partial charge in [-0.1, -0.05) is 18.2 Å². The van der Waals surface area contributed by atoms with E-state index in [-0.39, 0.29) is 28.6 Å². The number of carboxylic acid groups (broad SMARTS) is 1. The van der Waals surface area contributed by atoms with Crippen molar-refractivity contribution in [1.29, 1.82) is 0 Å². The highest BCUT2D eigenvalue weighted by atomic mass is 79.9. The molecule has 172 valence electrons. The third kappa shape index (κ3) is 6.63. The average molecular weight is 552 g/mol. The molecule has 3 aromatic rings. The molecule has 9 nitrogen and oxygen atoms in total. The minimum atomic E-state index is -1.36. The number of aliphatic carboxylic acids is 1. The molecule has 0 radical (unpaired) electrons. The van der Waals surface area contributed by atoms with Crippen LogP contribution in [0.3, 0.4) is 0 Å². The Hall–Kier alpha value is -3.22. The number of phenolic OH excluding ortho intramolecular Hbond substituents is 1. The number of amides is 3. The number of nitrogens with one attached hydrogen (secondary N) is 3. The lowest BCUT2D eigenvalue weighted by Gasteiger charge is -2.14. The number of thiophene rings is 2. The summed E-state index contributed by atoms with van der Waals surface area (Å²) >= 11 is 5.33. The van der Waals surface area contributed by atoms with Gasteiger partial charge in [0.1, 0.15) is 16.7 Å². The third-order valence-electron chi connectivity index (χ3n) is 4.30. The summed E-state index contributed by atoms with van der Waals surface area (Å²) in [5.74, 6) is -2.79. The van der Waals surface area contributed by atoms with Crippen molar-refractivity contribution < 1.29 is 29.4 Å². The van der Waals surface area contributed by atoms with Crippen LogP contribution < -0.4 is 16.0 Å². The van der Waals surface area contributed by atoms with Crippen LogP contribution in [-0.4, -0.2) is 46.5 Å². The van der Waals surface area contributed by atoms with Gasteiger partial charge in [0.2, 0.25) is 0 Å². The number of carboxylic acids is 1. The lowest BCUT2D eigenvalue weighted by atomic mass is 10.2. The summed E-state index contributed by atoms with van der Waals surface area (Å²) in [5, 5.41) is 28.2. The first-order chi connectivity index (χ1) is 15.7. The number of hydrogen-bond donors (Lipinski definition) is 5. The molecule has 0 bridgehead atoms. The molecular weight excluding hydrogens is 534 g/mol. The zero-order valence-electron chi connectivity index (χ0n) is 16.8. The third-order valence-corrected chi connectivity index (χ3v) is 7.18. The maximum absolute atomic E-state index is 12.6. The van der Waals surface area contributed by atoms with Crippen LogP contribution in [0.25, 0.3) is 0 Å². The van der Waals surface area contributed by atoms with Crippen molar-refractivity contribution in [2.24, 2.45) is 0 Å². The first-order valence-electron chi connectivity index (χ1n) is 9.45. The van der Waals surface area contributed by atoms with E-state index in [4.69, 9.17) is 0 Å². The molecule has 12 heteroatoms. The van der Waals surface area contributed by atoms with E-state index in [1.54, 1.807) is 29.6 Å². The zero-order valence-corrected chi connectivity index (χ0v) is 20.1. The molecule has 2 aromatic heterocycles. The number of rotatable bonds is 9. The number of phenols is 1. The molecular formula is C21H18BrN3O6S2. The summed E-state index contributed by atoms with van der Waals surface area (Å²) in [5.41, 5.74) is 0.700. The standard InChI is InChI=1S/C21H18BrN3O6S2/c22-13-8-16(19(28)23-9-11-3-1-4-12(26)7-11)33-17(13)20(29)25-14(21(30)31)10-24-18(27)15-5-2-6-32-15/h1-8,14,26H,9-10H2,(H,23,28)(H,24,27)(H,25,29)(H,30,31)/t14-/m0/s1. The highest BCUT2D eigenvalue weighted by molar-refractivity contribution is 9.10. The van der Waals surface area contributed by atoms with Gasteiger partial charge in [0, 0.05) is 17.6 Å². The predicted octanol–water partition coefficient (Wildman–Crippen LogP) is 2.82. The van der Waals surface area contributed by atoms with Crippen LogP contribution in [0.2, 0.25) is 0 Å². The Morgan fingerprint density at radius 3 is 2.39 bits per heavy atom. The Morgan fingerprint density at radius 2 is 1.73 bits per heavy atom. The van der Waals surface area contributed by atoms with E-state index >= 15 is 0 Å². The molecule has 0 aliphatic heterocycles. The average Bonchev–Trinajstić information content (AvgIpc) is 3.44. The summed E-state index contributed by atoms with van der Waals surface area (Å²) in [6, 6.07) is 9.84. The van der Waals surface area contributed by atoms with Crippen molar-refractivity contribution in [3.63, 3.8) is 0 Å². The van der Waals surface area contributed by atoms with Gasteiger partial charge in [-0.2, -0.15) is 0 Å². The fourth-order valence-electron chi connectivity index (χ4n) is 2.68. The van der Waals surface area contributed by atoms with Crippen molar-refractivity contribution in [2.75, 3.05) is 6.54 Å². The fourth-order valence-corrected chi connectivity index (χ4v) is 5.00. The van der Waals surface area contributed by atoms with Gasteiger partial charge in [-0.05, 0) is 51.1 Å². The van der Waals surface area contributed by atoms with Crippen LogP contribution in [0.4, 0.5) is 0 Å². The van der Waals surface area contributed by atoms with E-state index in [0.29, 0.717) is 14.9 Å². The molecule has 0 fully saturated rings. The quantitative estimate of drug-likeness (QED) is 0.276. The highest BCUT2D eigenvalue weighted by Gasteiger charge is 2.25. The molecule has 0 aliphatic rings. The topological polar surface area (TPSA) is 145 Å². The molecule has 0 unspecified atom stereocenters. The molecule has 2 heterocycles. The highest BCUT2D eigenvalue weighted by Crippen LogP contribution is 2.27. The second-order valence-corrected chi connectivity index (χ2v) is 9.55. The van der Waals surface area contributed by atoms with Crippen molar-refractivity contribution in [3.8, 4) is 5.75 Å². The maximum atomic E-state index is 12.6. The summed E-state index contributed by atoms with van der Waals surface area (Å²) in [6.45, 7) is -0.132. The van der Waals surface area contributed by atoms with E-state index in [1.165, 1.54) is 29.5 Å². The van der Waals surface area contributed by atoms with Gasteiger partial charge in [-0.15, -0.1) is 22.7 Å². The summed E-state index contributed by atoms with van der Waals surface area (Å²) in [4.78, 5) is 49.5. The predicted molar refractivity (Wildman–Crippen MR) is 127 cm³/mol. The molecule has 33 heavy (non-hydrogen) atoms.